The van der Waals surface area contributed by atoms with Crippen LogP contribution in [0.1, 0.15) is 15.9 Å². The summed E-state index contributed by atoms with van der Waals surface area (Å²) in [6.45, 7) is 0.480. The molecule has 8 nitrogen and oxygen atoms in total. The largest absolute Gasteiger partial charge is 0.497 e. The van der Waals surface area contributed by atoms with Gasteiger partial charge in [0.15, 0.2) is 0 Å². The van der Waals surface area contributed by atoms with Crippen molar-refractivity contribution in [3.8, 4) is 16.9 Å². The van der Waals surface area contributed by atoms with Crippen molar-refractivity contribution < 1.29 is 17.9 Å². The highest BCUT2D eigenvalue weighted by Gasteiger charge is 2.19. The zero-order valence-electron chi connectivity index (χ0n) is 20.0. The highest BCUT2D eigenvalue weighted by atomic mass is 32.2. The van der Waals surface area contributed by atoms with Gasteiger partial charge in [0.25, 0.3) is 15.9 Å². The number of aromatic nitrogens is 2. The van der Waals surface area contributed by atoms with Crippen molar-refractivity contribution in [1.29, 1.82) is 0 Å². The summed E-state index contributed by atoms with van der Waals surface area (Å²) < 4.78 is 32.3. The summed E-state index contributed by atoms with van der Waals surface area (Å²) in [6.07, 6.45) is 1.62. The average Bonchev–Trinajstić information content (AvgIpc) is 3.35. The van der Waals surface area contributed by atoms with E-state index in [0.29, 0.717) is 17.5 Å². The quantitative estimate of drug-likeness (QED) is 0.300. The number of hydrazine groups is 1. The number of amides is 1. The van der Waals surface area contributed by atoms with Gasteiger partial charge in [-0.3, -0.25) is 14.9 Å². The van der Waals surface area contributed by atoms with Crippen LogP contribution in [0.5, 0.6) is 5.75 Å². The van der Waals surface area contributed by atoms with Crippen LogP contribution < -0.4 is 15.0 Å². The molecule has 1 amide bonds. The zero-order chi connectivity index (χ0) is 25.8. The molecule has 4 aromatic carbocycles. The number of carbonyl (C=O) groups excluding carboxylic acids is 1. The second kappa shape index (κ2) is 10.3. The minimum atomic E-state index is -3.93. The maximum Gasteiger partial charge on any atom is 0.267 e. The molecule has 0 atom stereocenters. The van der Waals surface area contributed by atoms with Crippen molar-refractivity contribution in [3.63, 3.8) is 0 Å². The summed E-state index contributed by atoms with van der Waals surface area (Å²) >= 11 is 0. The molecule has 0 saturated carbocycles. The van der Waals surface area contributed by atoms with Crippen molar-refractivity contribution >= 4 is 26.8 Å². The first-order valence-electron chi connectivity index (χ1n) is 11.5. The molecule has 0 radical (unpaired) electrons. The molecule has 2 N–H and O–H groups in total. The van der Waals surface area contributed by atoms with Crippen molar-refractivity contribution in [1.82, 2.24) is 20.0 Å². The van der Waals surface area contributed by atoms with E-state index in [1.165, 1.54) is 12.1 Å². The third kappa shape index (κ3) is 5.23. The van der Waals surface area contributed by atoms with Gasteiger partial charge >= 0.3 is 0 Å². The third-order valence-electron chi connectivity index (χ3n) is 5.96. The Morgan fingerprint density at radius 1 is 0.892 bits per heavy atom. The van der Waals surface area contributed by atoms with E-state index in [-0.39, 0.29) is 4.90 Å². The van der Waals surface area contributed by atoms with Gasteiger partial charge in [-0.15, -0.1) is 4.83 Å². The normalized spacial score (nSPS) is 11.4. The first-order chi connectivity index (χ1) is 17.9. The Morgan fingerprint density at radius 2 is 1.57 bits per heavy atom. The lowest BCUT2D eigenvalue weighted by atomic mass is 10.00. The van der Waals surface area contributed by atoms with E-state index in [0.717, 1.165) is 28.0 Å². The Labute approximate surface area is 214 Å². The Kier molecular flexibility index (Phi) is 6.72. The van der Waals surface area contributed by atoms with Crippen LogP contribution in [0.2, 0.25) is 0 Å². The summed E-state index contributed by atoms with van der Waals surface area (Å²) in [5.41, 5.74) is 6.13. The van der Waals surface area contributed by atoms with Crippen LogP contribution >= 0.6 is 0 Å². The molecule has 0 unspecified atom stereocenters. The van der Waals surface area contributed by atoms with Crippen LogP contribution in [0.3, 0.4) is 0 Å². The number of rotatable bonds is 8. The molecule has 5 rings (SSSR count). The van der Waals surface area contributed by atoms with Crippen LogP contribution in [-0.4, -0.2) is 31.2 Å². The molecular weight excluding hydrogens is 488 g/mol. The lowest BCUT2D eigenvalue weighted by Crippen LogP contribution is -2.41. The molecule has 0 aliphatic heterocycles. The number of benzene rings is 4. The summed E-state index contributed by atoms with van der Waals surface area (Å²) in [4.78, 5) is 15.5. The lowest BCUT2D eigenvalue weighted by Gasteiger charge is -2.12. The van der Waals surface area contributed by atoms with Crippen molar-refractivity contribution in [3.05, 3.63) is 114 Å². The Morgan fingerprint density at radius 3 is 2.24 bits per heavy atom. The fraction of sp³-hybridized carbons (Fsp3) is 0.0714. The number of sulfonamides is 1. The average molecular weight is 513 g/mol. The van der Waals surface area contributed by atoms with E-state index in [9.17, 15) is 13.2 Å². The molecule has 0 bridgehead atoms. The predicted molar refractivity (Wildman–Crippen MR) is 141 cm³/mol. The Bertz CT molecular complexity index is 1650. The number of nitrogens with zero attached hydrogens (tertiary/aromatic N) is 2. The van der Waals surface area contributed by atoms with E-state index in [4.69, 9.17) is 4.74 Å². The first kappa shape index (κ1) is 24.2. The van der Waals surface area contributed by atoms with Crippen LogP contribution in [0.15, 0.2) is 108 Å². The van der Waals surface area contributed by atoms with Crippen LogP contribution in [-0.2, 0) is 16.6 Å². The molecule has 1 aromatic heterocycles. The Balaban J connectivity index is 1.51. The number of nitrogens with one attached hydrogen (secondary N) is 2. The molecule has 186 valence electrons. The van der Waals surface area contributed by atoms with Crippen molar-refractivity contribution in [2.45, 2.75) is 11.4 Å². The highest BCUT2D eigenvalue weighted by Crippen LogP contribution is 2.28. The second-order valence-corrected chi connectivity index (χ2v) is 10.0. The van der Waals surface area contributed by atoms with Gasteiger partial charge in [-0.1, -0.05) is 60.7 Å². The summed E-state index contributed by atoms with van der Waals surface area (Å²) in [5.74, 6) is 0.170. The molecule has 0 aliphatic rings. The molecule has 0 fully saturated rings. The van der Waals surface area contributed by atoms with Gasteiger partial charge in [-0.05, 0) is 53.1 Å². The van der Waals surface area contributed by atoms with E-state index in [2.05, 4.69) is 15.4 Å². The van der Waals surface area contributed by atoms with E-state index < -0.39 is 15.9 Å². The molecule has 5 aromatic rings. The minimum absolute atomic E-state index is 0.0470. The standard InChI is InChI=1S/C28H24N4O4S/c1-36-23-14-12-20(13-15-23)19-32-27-17-22(21-8-4-2-5-9-21)16-25(26(27)18-29-32)28(33)30-31-37(34,35)24-10-6-3-7-11-24/h2-18,31H,19H2,1H3,(H,30,33). The molecular formula is C28H24N4O4S. The Hall–Kier alpha value is -4.47. The predicted octanol–water partition coefficient (Wildman–Crippen LogP) is 4.38. The van der Waals surface area contributed by atoms with E-state index in [1.807, 2.05) is 65.3 Å². The van der Waals surface area contributed by atoms with Crippen molar-refractivity contribution in [2.75, 3.05) is 7.11 Å². The molecule has 1 heterocycles. The maximum atomic E-state index is 13.3. The number of fused-ring (bicyclic) bond motifs is 1. The minimum Gasteiger partial charge on any atom is -0.497 e. The van der Waals surface area contributed by atoms with Crippen LogP contribution in [0, 0.1) is 0 Å². The van der Waals surface area contributed by atoms with E-state index >= 15 is 0 Å². The third-order valence-corrected chi connectivity index (χ3v) is 7.22. The number of hydrogen-bond donors (Lipinski definition) is 2. The number of carbonyl (C=O) groups is 1. The summed E-state index contributed by atoms with van der Waals surface area (Å²) in [5, 5.41) is 5.14. The van der Waals surface area contributed by atoms with Gasteiger partial charge in [0.2, 0.25) is 0 Å². The van der Waals surface area contributed by atoms with Gasteiger partial charge in [0.05, 0.1) is 35.8 Å². The van der Waals surface area contributed by atoms with Gasteiger partial charge in [-0.25, -0.2) is 8.42 Å². The highest BCUT2D eigenvalue weighted by molar-refractivity contribution is 7.89. The maximum absolute atomic E-state index is 13.3. The topological polar surface area (TPSA) is 102 Å². The van der Waals surface area contributed by atoms with Crippen LogP contribution in [0.25, 0.3) is 22.0 Å². The van der Waals surface area contributed by atoms with Crippen molar-refractivity contribution in [2.24, 2.45) is 0 Å². The second-order valence-electron chi connectivity index (χ2n) is 8.35. The molecule has 9 heteroatoms. The monoisotopic (exact) mass is 512 g/mol. The van der Waals surface area contributed by atoms with Gasteiger partial charge in [0, 0.05) is 5.39 Å². The number of hydrogen-bond acceptors (Lipinski definition) is 5. The molecule has 37 heavy (non-hydrogen) atoms. The fourth-order valence-corrected chi connectivity index (χ4v) is 4.89. The number of ether oxygens (including phenoxy) is 1. The SMILES string of the molecule is COc1ccc(Cn2ncc3c(C(=O)NNS(=O)(=O)c4ccccc4)cc(-c4ccccc4)cc32)cc1. The summed E-state index contributed by atoms with van der Waals surface area (Å²) in [7, 11) is -2.31. The molecule has 0 spiro atoms. The summed E-state index contributed by atoms with van der Waals surface area (Å²) in [6, 6.07) is 28.9. The van der Waals surface area contributed by atoms with E-state index in [1.54, 1.807) is 37.6 Å². The van der Waals surface area contributed by atoms with Crippen LogP contribution in [0.4, 0.5) is 0 Å². The first-order valence-corrected chi connectivity index (χ1v) is 13.0. The van der Waals surface area contributed by atoms with Gasteiger partial charge < -0.3 is 4.74 Å². The smallest absolute Gasteiger partial charge is 0.267 e. The van der Waals surface area contributed by atoms with Gasteiger partial charge in [-0.2, -0.15) is 5.10 Å². The lowest BCUT2D eigenvalue weighted by molar-refractivity contribution is 0.0947. The zero-order valence-corrected chi connectivity index (χ0v) is 20.8. The number of methoxy groups -OCH3 is 1. The fourth-order valence-electron chi connectivity index (χ4n) is 4.03. The molecule has 0 saturated heterocycles. The molecule has 0 aliphatic carbocycles. The van der Waals surface area contributed by atoms with Gasteiger partial charge in [0.1, 0.15) is 5.75 Å².